The first kappa shape index (κ1) is 9.57. The van der Waals surface area contributed by atoms with Crippen LogP contribution < -0.4 is 0 Å². The van der Waals surface area contributed by atoms with Gasteiger partial charge in [-0.3, -0.25) is 0 Å². The lowest BCUT2D eigenvalue weighted by atomic mass is 10.2. The standard InChI is InChI=1S/C8H10O5/c1-3-7(9)12-5(2)6-4-11-8(10)13-6/h3,5-6H,1,4H2,2H3. The molecule has 0 radical (unpaired) electrons. The Bertz CT molecular complexity index is 235. The summed E-state index contributed by atoms with van der Waals surface area (Å²) in [6.07, 6.45) is -0.714. The fourth-order valence-electron chi connectivity index (χ4n) is 0.880. The zero-order valence-corrected chi connectivity index (χ0v) is 7.19. The van der Waals surface area contributed by atoms with Crippen LogP contribution in [0.4, 0.5) is 4.79 Å². The highest BCUT2D eigenvalue weighted by Crippen LogP contribution is 2.12. The number of rotatable bonds is 3. The maximum absolute atomic E-state index is 10.7. The zero-order valence-electron chi connectivity index (χ0n) is 7.19. The van der Waals surface area contributed by atoms with E-state index in [9.17, 15) is 9.59 Å². The molecular weight excluding hydrogens is 176 g/mol. The summed E-state index contributed by atoms with van der Waals surface area (Å²) in [6, 6.07) is 0. The molecule has 1 saturated heterocycles. The molecule has 0 spiro atoms. The smallest absolute Gasteiger partial charge is 0.455 e. The second kappa shape index (κ2) is 3.93. The van der Waals surface area contributed by atoms with Gasteiger partial charge in [-0.05, 0) is 6.92 Å². The minimum atomic E-state index is -0.730. The van der Waals surface area contributed by atoms with E-state index < -0.39 is 24.3 Å². The molecule has 5 nitrogen and oxygen atoms in total. The molecule has 1 fully saturated rings. The van der Waals surface area contributed by atoms with Gasteiger partial charge in [-0.2, -0.15) is 0 Å². The van der Waals surface area contributed by atoms with Crippen LogP contribution in [0, 0.1) is 0 Å². The van der Waals surface area contributed by atoms with Gasteiger partial charge in [-0.1, -0.05) is 6.58 Å². The fourth-order valence-corrected chi connectivity index (χ4v) is 0.880. The molecule has 0 N–H and O–H groups in total. The van der Waals surface area contributed by atoms with Crippen molar-refractivity contribution in [1.29, 1.82) is 0 Å². The van der Waals surface area contributed by atoms with Gasteiger partial charge in [0.05, 0.1) is 0 Å². The lowest BCUT2D eigenvalue weighted by Gasteiger charge is -2.15. The van der Waals surface area contributed by atoms with Crippen molar-refractivity contribution in [2.75, 3.05) is 6.61 Å². The van der Waals surface area contributed by atoms with Gasteiger partial charge in [-0.25, -0.2) is 9.59 Å². The van der Waals surface area contributed by atoms with Gasteiger partial charge in [0.25, 0.3) is 0 Å². The predicted octanol–water partition coefficient (Wildman–Crippen LogP) is 0.639. The first-order valence-electron chi connectivity index (χ1n) is 3.80. The first-order chi connectivity index (χ1) is 6.13. The van der Waals surface area contributed by atoms with E-state index in [0.29, 0.717) is 0 Å². The maximum Gasteiger partial charge on any atom is 0.508 e. The van der Waals surface area contributed by atoms with E-state index in [2.05, 4.69) is 11.3 Å². The Morgan fingerprint density at radius 1 is 1.85 bits per heavy atom. The molecule has 72 valence electrons. The second-order valence-electron chi connectivity index (χ2n) is 2.56. The lowest BCUT2D eigenvalue weighted by Crippen LogP contribution is -2.29. The molecular formula is C8H10O5. The molecule has 13 heavy (non-hydrogen) atoms. The van der Waals surface area contributed by atoms with Crippen molar-refractivity contribution in [3.8, 4) is 0 Å². The van der Waals surface area contributed by atoms with Gasteiger partial charge in [-0.15, -0.1) is 0 Å². The quantitative estimate of drug-likeness (QED) is 0.478. The predicted molar refractivity (Wildman–Crippen MR) is 42.0 cm³/mol. The van der Waals surface area contributed by atoms with Crippen LogP contribution in [0.25, 0.3) is 0 Å². The van der Waals surface area contributed by atoms with Crippen LogP contribution >= 0.6 is 0 Å². The fraction of sp³-hybridized carbons (Fsp3) is 0.500. The molecule has 0 aliphatic carbocycles. The number of carbonyl (C=O) groups excluding carboxylic acids is 2. The molecule has 0 amide bonds. The zero-order chi connectivity index (χ0) is 9.84. The Hall–Kier alpha value is -1.52. The summed E-state index contributed by atoms with van der Waals surface area (Å²) in [5, 5.41) is 0. The molecule has 2 unspecified atom stereocenters. The normalized spacial score (nSPS) is 22.8. The second-order valence-corrected chi connectivity index (χ2v) is 2.56. The largest absolute Gasteiger partial charge is 0.508 e. The average Bonchev–Trinajstić information content (AvgIpc) is 2.51. The molecule has 2 atom stereocenters. The van der Waals surface area contributed by atoms with Crippen molar-refractivity contribution >= 4 is 12.1 Å². The molecule has 0 aromatic rings. The van der Waals surface area contributed by atoms with Gasteiger partial charge < -0.3 is 14.2 Å². The van der Waals surface area contributed by atoms with Gasteiger partial charge in [0, 0.05) is 6.08 Å². The SMILES string of the molecule is C=CC(=O)OC(C)C1COC(=O)O1. The lowest BCUT2D eigenvalue weighted by molar-refractivity contribution is -0.146. The summed E-state index contributed by atoms with van der Waals surface area (Å²) >= 11 is 0. The van der Waals surface area contributed by atoms with Crippen molar-refractivity contribution in [3.05, 3.63) is 12.7 Å². The monoisotopic (exact) mass is 186 g/mol. The van der Waals surface area contributed by atoms with Crippen molar-refractivity contribution in [2.24, 2.45) is 0 Å². The minimum Gasteiger partial charge on any atom is -0.455 e. The number of hydrogen-bond donors (Lipinski definition) is 0. The molecule has 1 rings (SSSR count). The third kappa shape index (κ3) is 2.47. The van der Waals surface area contributed by atoms with Crippen LogP contribution in [0.1, 0.15) is 6.92 Å². The third-order valence-electron chi connectivity index (χ3n) is 1.61. The highest BCUT2D eigenvalue weighted by atomic mass is 16.8. The van der Waals surface area contributed by atoms with E-state index >= 15 is 0 Å². The molecule has 0 bridgehead atoms. The third-order valence-corrected chi connectivity index (χ3v) is 1.61. The summed E-state index contributed by atoms with van der Waals surface area (Å²) < 4.78 is 14.0. The van der Waals surface area contributed by atoms with E-state index in [1.165, 1.54) is 0 Å². The Morgan fingerprint density at radius 3 is 3.00 bits per heavy atom. The number of hydrogen-bond acceptors (Lipinski definition) is 5. The van der Waals surface area contributed by atoms with Gasteiger partial charge in [0.1, 0.15) is 12.7 Å². The summed E-state index contributed by atoms with van der Waals surface area (Å²) in [4.78, 5) is 21.2. The van der Waals surface area contributed by atoms with Crippen molar-refractivity contribution < 1.29 is 23.8 Å². The van der Waals surface area contributed by atoms with Crippen LogP contribution in [0.2, 0.25) is 0 Å². The van der Waals surface area contributed by atoms with Gasteiger partial charge in [0.2, 0.25) is 0 Å². The molecule has 0 aromatic carbocycles. The van der Waals surface area contributed by atoms with E-state index in [-0.39, 0.29) is 6.61 Å². The average molecular weight is 186 g/mol. The maximum atomic E-state index is 10.7. The van der Waals surface area contributed by atoms with E-state index in [4.69, 9.17) is 9.47 Å². The van der Waals surface area contributed by atoms with E-state index in [0.717, 1.165) is 6.08 Å². The Balaban J connectivity index is 2.39. The molecule has 5 heteroatoms. The molecule has 1 aliphatic rings. The highest BCUT2D eigenvalue weighted by molar-refractivity contribution is 5.81. The van der Waals surface area contributed by atoms with Crippen LogP contribution in [-0.2, 0) is 19.0 Å². The molecule has 0 saturated carbocycles. The summed E-state index contributed by atoms with van der Waals surface area (Å²) in [5.41, 5.74) is 0. The molecule has 1 aliphatic heterocycles. The minimum absolute atomic E-state index is 0.115. The summed E-state index contributed by atoms with van der Waals surface area (Å²) in [7, 11) is 0. The number of ether oxygens (including phenoxy) is 3. The number of carbonyl (C=O) groups is 2. The Morgan fingerprint density at radius 2 is 2.54 bits per heavy atom. The van der Waals surface area contributed by atoms with Crippen molar-refractivity contribution in [2.45, 2.75) is 19.1 Å². The van der Waals surface area contributed by atoms with Crippen LogP contribution in [0.5, 0.6) is 0 Å². The molecule has 0 aromatic heterocycles. The van der Waals surface area contributed by atoms with Gasteiger partial charge in [0.15, 0.2) is 6.10 Å². The van der Waals surface area contributed by atoms with Crippen molar-refractivity contribution in [3.63, 3.8) is 0 Å². The van der Waals surface area contributed by atoms with E-state index in [1.54, 1.807) is 6.92 Å². The number of cyclic esters (lactones) is 2. The summed E-state index contributed by atoms with van der Waals surface area (Å²) in [6.45, 7) is 4.98. The van der Waals surface area contributed by atoms with Crippen LogP contribution in [-0.4, -0.2) is 30.9 Å². The topological polar surface area (TPSA) is 61.8 Å². The number of esters is 1. The van der Waals surface area contributed by atoms with Crippen LogP contribution in [0.3, 0.4) is 0 Å². The molecule has 1 heterocycles. The Kier molecular flexibility index (Phi) is 2.89. The van der Waals surface area contributed by atoms with E-state index in [1.807, 2.05) is 0 Å². The van der Waals surface area contributed by atoms with Crippen LogP contribution in [0.15, 0.2) is 12.7 Å². The Labute approximate surface area is 75.3 Å². The first-order valence-corrected chi connectivity index (χ1v) is 3.80. The summed E-state index contributed by atoms with van der Waals surface area (Å²) in [5.74, 6) is -0.546. The van der Waals surface area contributed by atoms with Gasteiger partial charge >= 0.3 is 12.1 Å². The highest BCUT2D eigenvalue weighted by Gasteiger charge is 2.31. The van der Waals surface area contributed by atoms with Crippen molar-refractivity contribution in [1.82, 2.24) is 0 Å².